The van der Waals surface area contributed by atoms with E-state index >= 15 is 0 Å². The van der Waals surface area contributed by atoms with Gasteiger partial charge in [0.1, 0.15) is 10.8 Å². The molecular weight excluding hydrogens is 375 g/mol. The van der Waals surface area contributed by atoms with Gasteiger partial charge in [-0.15, -0.1) is 10.2 Å². The predicted molar refractivity (Wildman–Crippen MR) is 99.6 cm³/mol. The standard InChI is InChI=1S/C18H12ClFN4OS/c19-15-13(20)7-4-8-14(15)23-9-10-24-16(17(23)25)21-22-18(24)26-11-12-5-2-1-3-6-12/h1-10H,11H2. The summed E-state index contributed by atoms with van der Waals surface area (Å²) in [5.74, 6) is 0.122. The number of thioether (sulfide) groups is 1. The summed E-state index contributed by atoms with van der Waals surface area (Å²) in [5.41, 5.74) is 1.15. The molecule has 0 aliphatic rings. The van der Waals surface area contributed by atoms with Crippen molar-refractivity contribution in [2.24, 2.45) is 0 Å². The molecule has 0 unspecified atom stereocenters. The first kappa shape index (κ1) is 16.8. The fourth-order valence-corrected chi connectivity index (χ4v) is 3.64. The average Bonchev–Trinajstić information content (AvgIpc) is 3.08. The van der Waals surface area contributed by atoms with E-state index in [1.165, 1.54) is 34.7 Å². The molecule has 0 saturated heterocycles. The van der Waals surface area contributed by atoms with Crippen molar-refractivity contribution in [3.05, 3.63) is 87.7 Å². The van der Waals surface area contributed by atoms with Gasteiger partial charge >= 0.3 is 5.56 Å². The lowest BCUT2D eigenvalue weighted by molar-refractivity contribution is 0.626. The number of rotatable bonds is 4. The summed E-state index contributed by atoms with van der Waals surface area (Å²) in [6.07, 6.45) is 3.21. The molecule has 0 bridgehead atoms. The average molecular weight is 387 g/mol. The molecule has 0 aliphatic carbocycles. The van der Waals surface area contributed by atoms with Gasteiger partial charge in [0.2, 0.25) is 5.65 Å². The van der Waals surface area contributed by atoms with Crippen LogP contribution in [0, 0.1) is 5.82 Å². The van der Waals surface area contributed by atoms with Gasteiger partial charge in [0.15, 0.2) is 5.16 Å². The zero-order valence-corrected chi connectivity index (χ0v) is 14.9. The van der Waals surface area contributed by atoms with Crippen LogP contribution in [0.15, 0.2) is 70.9 Å². The second-order valence-corrected chi connectivity index (χ2v) is 6.82. The predicted octanol–water partition coefficient (Wildman–Crippen LogP) is 3.97. The molecule has 0 amide bonds. The number of hydrogen-bond acceptors (Lipinski definition) is 4. The molecular formula is C18H12ClFN4OS. The van der Waals surface area contributed by atoms with Crippen molar-refractivity contribution in [3.8, 4) is 5.69 Å². The summed E-state index contributed by atoms with van der Waals surface area (Å²) in [6.45, 7) is 0. The molecule has 4 aromatic rings. The number of halogens is 2. The summed E-state index contributed by atoms with van der Waals surface area (Å²) < 4.78 is 16.6. The molecule has 0 radical (unpaired) electrons. The Morgan fingerprint density at radius 2 is 1.85 bits per heavy atom. The van der Waals surface area contributed by atoms with Gasteiger partial charge in [0.05, 0.1) is 5.69 Å². The third kappa shape index (κ3) is 3.00. The number of benzene rings is 2. The second kappa shape index (κ2) is 6.93. The Bertz CT molecular complexity index is 1140. The summed E-state index contributed by atoms with van der Waals surface area (Å²) in [6, 6.07) is 14.3. The Morgan fingerprint density at radius 1 is 1.04 bits per heavy atom. The summed E-state index contributed by atoms with van der Waals surface area (Å²) in [7, 11) is 0. The van der Waals surface area contributed by atoms with Gasteiger partial charge in [-0.05, 0) is 17.7 Å². The van der Waals surface area contributed by atoms with E-state index in [1.54, 1.807) is 16.7 Å². The molecule has 2 heterocycles. The molecule has 8 heteroatoms. The van der Waals surface area contributed by atoms with Gasteiger partial charge in [0, 0.05) is 18.1 Å². The minimum Gasteiger partial charge on any atom is -0.278 e. The molecule has 4 rings (SSSR count). The van der Waals surface area contributed by atoms with Crippen LogP contribution in [-0.4, -0.2) is 19.2 Å². The van der Waals surface area contributed by atoms with Crippen LogP contribution in [0.25, 0.3) is 11.3 Å². The molecule has 0 N–H and O–H groups in total. The van der Waals surface area contributed by atoms with Gasteiger partial charge in [-0.3, -0.25) is 13.8 Å². The summed E-state index contributed by atoms with van der Waals surface area (Å²) >= 11 is 7.47. The van der Waals surface area contributed by atoms with Crippen LogP contribution in [0.4, 0.5) is 4.39 Å². The Kier molecular flexibility index (Phi) is 4.48. The highest BCUT2D eigenvalue weighted by atomic mass is 35.5. The first-order chi connectivity index (χ1) is 12.6. The van der Waals surface area contributed by atoms with Gasteiger partial charge in [-0.2, -0.15) is 0 Å². The monoisotopic (exact) mass is 386 g/mol. The van der Waals surface area contributed by atoms with Crippen LogP contribution in [0.5, 0.6) is 0 Å². The number of fused-ring (bicyclic) bond motifs is 1. The zero-order chi connectivity index (χ0) is 18.1. The molecule has 2 aromatic heterocycles. The molecule has 0 aliphatic heterocycles. The van der Waals surface area contributed by atoms with Crippen LogP contribution < -0.4 is 5.56 Å². The summed E-state index contributed by atoms with van der Waals surface area (Å²) in [4.78, 5) is 12.7. The smallest absolute Gasteiger partial charge is 0.278 e. The Balaban J connectivity index is 1.72. The van der Waals surface area contributed by atoms with Gasteiger partial charge in [-0.25, -0.2) is 4.39 Å². The Morgan fingerprint density at radius 3 is 2.65 bits per heavy atom. The van der Waals surface area contributed by atoms with Crippen LogP contribution in [0.2, 0.25) is 5.02 Å². The molecule has 0 fully saturated rings. The van der Waals surface area contributed by atoms with Crippen molar-refractivity contribution in [2.45, 2.75) is 10.9 Å². The van der Waals surface area contributed by atoms with E-state index < -0.39 is 11.4 Å². The normalized spacial score (nSPS) is 11.2. The molecule has 5 nitrogen and oxygen atoms in total. The number of aromatic nitrogens is 4. The van der Waals surface area contributed by atoms with Crippen molar-refractivity contribution >= 4 is 29.0 Å². The van der Waals surface area contributed by atoms with Crippen molar-refractivity contribution in [2.75, 3.05) is 0 Å². The van der Waals surface area contributed by atoms with E-state index in [0.29, 0.717) is 10.9 Å². The van der Waals surface area contributed by atoms with Crippen molar-refractivity contribution in [1.82, 2.24) is 19.2 Å². The molecule has 0 atom stereocenters. The second-order valence-electron chi connectivity index (χ2n) is 5.50. The number of nitrogens with zero attached hydrogens (tertiary/aromatic N) is 4. The Hall–Kier alpha value is -2.64. The molecule has 26 heavy (non-hydrogen) atoms. The maximum Gasteiger partial charge on any atom is 0.300 e. The summed E-state index contributed by atoms with van der Waals surface area (Å²) in [5, 5.41) is 8.59. The fourth-order valence-electron chi connectivity index (χ4n) is 2.55. The highest BCUT2D eigenvalue weighted by molar-refractivity contribution is 7.98. The fraction of sp³-hybridized carbons (Fsp3) is 0.0556. The highest BCUT2D eigenvalue weighted by Crippen LogP contribution is 2.24. The van der Waals surface area contributed by atoms with Gasteiger partial charge in [0.25, 0.3) is 0 Å². The largest absolute Gasteiger partial charge is 0.300 e. The lowest BCUT2D eigenvalue weighted by Gasteiger charge is -2.08. The lowest BCUT2D eigenvalue weighted by Crippen LogP contribution is -2.20. The topological polar surface area (TPSA) is 52.2 Å². The van der Waals surface area contributed by atoms with Gasteiger partial charge in [-0.1, -0.05) is 59.8 Å². The minimum absolute atomic E-state index is 0.114. The van der Waals surface area contributed by atoms with Crippen molar-refractivity contribution < 1.29 is 4.39 Å². The minimum atomic E-state index is -0.587. The first-order valence-electron chi connectivity index (χ1n) is 7.72. The molecule has 130 valence electrons. The van der Waals surface area contributed by atoms with E-state index in [0.717, 1.165) is 5.56 Å². The van der Waals surface area contributed by atoms with Crippen LogP contribution in [-0.2, 0) is 5.75 Å². The van der Waals surface area contributed by atoms with Gasteiger partial charge < -0.3 is 0 Å². The van der Waals surface area contributed by atoms with Crippen LogP contribution >= 0.6 is 23.4 Å². The SMILES string of the molecule is O=c1c2nnc(SCc3ccccc3)n2ccn1-c1cccc(F)c1Cl. The van der Waals surface area contributed by atoms with Crippen molar-refractivity contribution in [3.63, 3.8) is 0 Å². The third-order valence-electron chi connectivity index (χ3n) is 3.84. The highest BCUT2D eigenvalue weighted by Gasteiger charge is 2.14. The quantitative estimate of drug-likeness (QED) is 0.498. The van der Waals surface area contributed by atoms with E-state index in [4.69, 9.17) is 11.6 Å². The van der Waals surface area contributed by atoms with E-state index in [-0.39, 0.29) is 16.4 Å². The van der Waals surface area contributed by atoms with E-state index in [2.05, 4.69) is 10.2 Å². The van der Waals surface area contributed by atoms with E-state index in [1.807, 2.05) is 30.3 Å². The maximum absolute atomic E-state index is 13.7. The molecule has 2 aromatic carbocycles. The molecule has 0 saturated carbocycles. The Labute approximate surface area is 157 Å². The number of hydrogen-bond donors (Lipinski definition) is 0. The van der Waals surface area contributed by atoms with Crippen LogP contribution in [0.1, 0.15) is 5.56 Å². The first-order valence-corrected chi connectivity index (χ1v) is 9.09. The zero-order valence-electron chi connectivity index (χ0n) is 13.3. The lowest BCUT2D eigenvalue weighted by atomic mass is 10.2. The third-order valence-corrected chi connectivity index (χ3v) is 5.23. The van der Waals surface area contributed by atoms with Crippen LogP contribution in [0.3, 0.4) is 0 Å². The molecule has 0 spiro atoms. The van der Waals surface area contributed by atoms with E-state index in [9.17, 15) is 9.18 Å². The maximum atomic E-state index is 13.7. The van der Waals surface area contributed by atoms with Crippen molar-refractivity contribution in [1.29, 1.82) is 0 Å².